The number of ether oxygens (including phenoxy) is 1. The van der Waals surface area contributed by atoms with Crippen LogP contribution in [0.2, 0.25) is 0 Å². The first-order valence-corrected chi connectivity index (χ1v) is 5.14. The third kappa shape index (κ3) is 3.05. The second-order valence-electron chi connectivity index (χ2n) is 3.38. The average Bonchev–Trinajstić information content (AvgIpc) is 2.30. The van der Waals surface area contributed by atoms with Crippen molar-refractivity contribution in [3.63, 3.8) is 0 Å². The molecule has 82 valence electrons. The number of rotatable bonds is 4. The molecule has 2 rings (SSSR count). The number of nitrogens with zero attached hydrogens (tertiary/aromatic N) is 1. The van der Waals surface area contributed by atoms with Gasteiger partial charge in [-0.05, 0) is 11.6 Å². The minimum Gasteiger partial charge on any atom is -0.477 e. The van der Waals surface area contributed by atoms with E-state index < -0.39 is 5.95 Å². The molecule has 2 aromatic rings. The Morgan fingerprint density at radius 2 is 1.81 bits per heavy atom. The van der Waals surface area contributed by atoms with E-state index in [0.29, 0.717) is 12.5 Å². The molecule has 0 spiro atoms. The highest BCUT2D eigenvalue weighted by Crippen LogP contribution is 2.07. The zero-order valence-electron chi connectivity index (χ0n) is 8.77. The van der Waals surface area contributed by atoms with Crippen LogP contribution in [0.1, 0.15) is 5.56 Å². The number of hydrogen-bond donors (Lipinski definition) is 0. The lowest BCUT2D eigenvalue weighted by molar-refractivity contribution is 0.304. The Morgan fingerprint density at radius 3 is 2.56 bits per heavy atom. The van der Waals surface area contributed by atoms with Gasteiger partial charge in [0.25, 0.3) is 0 Å². The number of halogens is 1. The summed E-state index contributed by atoms with van der Waals surface area (Å²) in [6.45, 7) is 0.500. The van der Waals surface area contributed by atoms with Crippen molar-refractivity contribution in [1.29, 1.82) is 0 Å². The van der Waals surface area contributed by atoms with Crippen molar-refractivity contribution in [3.8, 4) is 5.88 Å². The molecule has 0 aliphatic heterocycles. The van der Waals surface area contributed by atoms with Crippen LogP contribution >= 0.6 is 0 Å². The van der Waals surface area contributed by atoms with Gasteiger partial charge in [-0.25, -0.2) is 0 Å². The summed E-state index contributed by atoms with van der Waals surface area (Å²) in [4.78, 5) is 3.62. The van der Waals surface area contributed by atoms with Crippen LogP contribution in [0, 0.1) is 5.95 Å². The van der Waals surface area contributed by atoms with Gasteiger partial charge in [0.1, 0.15) is 0 Å². The fourth-order valence-electron chi connectivity index (χ4n) is 1.39. The van der Waals surface area contributed by atoms with E-state index in [4.69, 9.17) is 4.74 Å². The lowest BCUT2D eigenvalue weighted by atomic mass is 10.2. The summed E-state index contributed by atoms with van der Waals surface area (Å²) < 4.78 is 18.1. The summed E-state index contributed by atoms with van der Waals surface area (Å²) in [6.07, 6.45) is 0.791. The van der Waals surface area contributed by atoms with Crippen LogP contribution in [0.5, 0.6) is 5.88 Å². The summed E-state index contributed by atoms with van der Waals surface area (Å²) >= 11 is 0. The van der Waals surface area contributed by atoms with Gasteiger partial charge in [0.15, 0.2) is 0 Å². The Bertz CT molecular complexity index is 445. The third-order valence-corrected chi connectivity index (χ3v) is 2.17. The van der Waals surface area contributed by atoms with E-state index >= 15 is 0 Å². The molecule has 0 atom stereocenters. The summed E-state index contributed by atoms with van der Waals surface area (Å²) in [5.41, 5.74) is 1.19. The normalized spacial score (nSPS) is 10.1. The van der Waals surface area contributed by atoms with Gasteiger partial charge >= 0.3 is 0 Å². The molecule has 0 saturated carbocycles. The van der Waals surface area contributed by atoms with Crippen LogP contribution in [0.25, 0.3) is 0 Å². The van der Waals surface area contributed by atoms with Crippen molar-refractivity contribution < 1.29 is 9.13 Å². The molecular formula is C13H12FNO. The molecule has 16 heavy (non-hydrogen) atoms. The van der Waals surface area contributed by atoms with E-state index in [2.05, 4.69) is 4.98 Å². The molecule has 0 saturated heterocycles. The van der Waals surface area contributed by atoms with E-state index in [1.807, 2.05) is 30.3 Å². The average molecular weight is 217 g/mol. The van der Waals surface area contributed by atoms with Crippen molar-refractivity contribution >= 4 is 0 Å². The van der Waals surface area contributed by atoms with Crippen molar-refractivity contribution in [2.24, 2.45) is 0 Å². The molecule has 0 amide bonds. The predicted molar refractivity (Wildman–Crippen MR) is 59.8 cm³/mol. The molecule has 0 fully saturated rings. The van der Waals surface area contributed by atoms with Crippen LogP contribution in [-0.2, 0) is 6.42 Å². The number of hydrogen-bond acceptors (Lipinski definition) is 2. The predicted octanol–water partition coefficient (Wildman–Crippen LogP) is 2.84. The molecule has 0 aliphatic carbocycles. The van der Waals surface area contributed by atoms with E-state index in [0.717, 1.165) is 6.42 Å². The topological polar surface area (TPSA) is 22.1 Å². The van der Waals surface area contributed by atoms with Gasteiger partial charge in [-0.2, -0.15) is 9.37 Å². The Kier molecular flexibility index (Phi) is 3.49. The first kappa shape index (κ1) is 10.6. The molecule has 0 bridgehead atoms. The SMILES string of the molecule is Fc1cccc(OCCc2ccccc2)n1. The third-order valence-electron chi connectivity index (χ3n) is 2.17. The Balaban J connectivity index is 1.85. The van der Waals surface area contributed by atoms with E-state index in [-0.39, 0.29) is 0 Å². The van der Waals surface area contributed by atoms with Gasteiger partial charge in [0.2, 0.25) is 11.8 Å². The van der Waals surface area contributed by atoms with Crippen molar-refractivity contribution in [3.05, 3.63) is 60.0 Å². The second-order valence-corrected chi connectivity index (χ2v) is 3.38. The minimum atomic E-state index is -0.516. The zero-order valence-corrected chi connectivity index (χ0v) is 8.77. The van der Waals surface area contributed by atoms with Gasteiger partial charge in [0.05, 0.1) is 6.61 Å². The van der Waals surface area contributed by atoms with Crippen molar-refractivity contribution in [2.45, 2.75) is 6.42 Å². The van der Waals surface area contributed by atoms with Gasteiger partial charge in [-0.15, -0.1) is 0 Å². The summed E-state index contributed by atoms with van der Waals surface area (Å²) in [5.74, 6) is -0.187. The standard InChI is InChI=1S/C13H12FNO/c14-12-7-4-8-13(15-12)16-10-9-11-5-2-1-3-6-11/h1-8H,9-10H2. The molecule has 1 heterocycles. The van der Waals surface area contributed by atoms with Crippen LogP contribution < -0.4 is 4.74 Å². The van der Waals surface area contributed by atoms with Crippen LogP contribution in [0.4, 0.5) is 4.39 Å². The Morgan fingerprint density at radius 1 is 1.00 bits per heavy atom. The molecular weight excluding hydrogens is 205 g/mol. The first-order chi connectivity index (χ1) is 7.84. The maximum absolute atomic E-state index is 12.7. The highest BCUT2D eigenvalue weighted by molar-refractivity contribution is 5.15. The second kappa shape index (κ2) is 5.26. The molecule has 0 N–H and O–H groups in total. The monoisotopic (exact) mass is 217 g/mol. The summed E-state index contributed by atoms with van der Waals surface area (Å²) in [6, 6.07) is 14.5. The highest BCUT2D eigenvalue weighted by Gasteiger charge is 1.97. The Hall–Kier alpha value is -1.90. The van der Waals surface area contributed by atoms with E-state index in [1.165, 1.54) is 11.6 Å². The zero-order chi connectivity index (χ0) is 11.2. The maximum Gasteiger partial charge on any atom is 0.216 e. The number of pyridine rings is 1. The number of benzene rings is 1. The van der Waals surface area contributed by atoms with Crippen LogP contribution in [-0.4, -0.2) is 11.6 Å². The lowest BCUT2D eigenvalue weighted by Crippen LogP contribution is -2.02. The smallest absolute Gasteiger partial charge is 0.216 e. The summed E-state index contributed by atoms with van der Waals surface area (Å²) in [7, 11) is 0. The molecule has 3 heteroatoms. The summed E-state index contributed by atoms with van der Waals surface area (Å²) in [5, 5.41) is 0. The largest absolute Gasteiger partial charge is 0.477 e. The Labute approximate surface area is 93.7 Å². The van der Waals surface area contributed by atoms with Gasteiger partial charge in [-0.3, -0.25) is 0 Å². The minimum absolute atomic E-state index is 0.330. The lowest BCUT2D eigenvalue weighted by Gasteiger charge is -2.04. The van der Waals surface area contributed by atoms with Crippen LogP contribution in [0.15, 0.2) is 48.5 Å². The van der Waals surface area contributed by atoms with Gasteiger partial charge in [-0.1, -0.05) is 36.4 Å². The van der Waals surface area contributed by atoms with E-state index in [1.54, 1.807) is 12.1 Å². The highest BCUT2D eigenvalue weighted by atomic mass is 19.1. The molecule has 1 aromatic heterocycles. The molecule has 0 aliphatic rings. The molecule has 1 aromatic carbocycles. The van der Waals surface area contributed by atoms with Crippen molar-refractivity contribution in [2.75, 3.05) is 6.61 Å². The number of aromatic nitrogens is 1. The van der Waals surface area contributed by atoms with Gasteiger partial charge in [0, 0.05) is 12.5 Å². The quantitative estimate of drug-likeness (QED) is 0.735. The fourth-order valence-corrected chi connectivity index (χ4v) is 1.39. The van der Waals surface area contributed by atoms with E-state index in [9.17, 15) is 4.39 Å². The molecule has 2 nitrogen and oxygen atoms in total. The van der Waals surface area contributed by atoms with Crippen molar-refractivity contribution in [1.82, 2.24) is 4.98 Å². The van der Waals surface area contributed by atoms with Gasteiger partial charge < -0.3 is 4.74 Å². The van der Waals surface area contributed by atoms with Crippen LogP contribution in [0.3, 0.4) is 0 Å². The molecule has 0 unspecified atom stereocenters. The first-order valence-electron chi connectivity index (χ1n) is 5.14. The fraction of sp³-hybridized carbons (Fsp3) is 0.154. The molecule has 0 radical (unpaired) electrons. The maximum atomic E-state index is 12.7.